The topological polar surface area (TPSA) is 50.4 Å². The van der Waals surface area contributed by atoms with Gasteiger partial charge in [-0.1, -0.05) is 11.6 Å². The Morgan fingerprint density at radius 1 is 1.43 bits per heavy atom. The first-order chi connectivity index (χ1) is 9.73. The molecule has 0 aliphatic carbocycles. The van der Waals surface area contributed by atoms with Gasteiger partial charge in [0.25, 0.3) is 5.91 Å². The zero-order valence-corrected chi connectivity index (χ0v) is 12.3. The minimum atomic E-state index is -4.44. The van der Waals surface area contributed by atoms with Gasteiger partial charge in [0.2, 0.25) is 0 Å². The van der Waals surface area contributed by atoms with Crippen LogP contribution in [0.15, 0.2) is 18.2 Å². The van der Waals surface area contributed by atoms with E-state index in [2.05, 4.69) is 5.32 Å². The number of nitrogens with one attached hydrogen (secondary N) is 2. The fraction of sp³-hybridized carbons (Fsp3) is 0.462. The first-order valence-electron chi connectivity index (χ1n) is 6.16. The summed E-state index contributed by atoms with van der Waals surface area (Å²) in [7, 11) is 1.74. The Morgan fingerprint density at radius 2 is 2.10 bits per heavy atom. The molecule has 0 bridgehead atoms. The predicted octanol–water partition coefficient (Wildman–Crippen LogP) is 2.68. The summed E-state index contributed by atoms with van der Waals surface area (Å²) in [6, 6.07) is 4.74. The van der Waals surface area contributed by atoms with Gasteiger partial charge in [0.05, 0.1) is 0 Å². The number of alkyl halides is 3. The number of halogens is 4. The van der Waals surface area contributed by atoms with E-state index < -0.39 is 25.2 Å². The van der Waals surface area contributed by atoms with Crippen LogP contribution in [0.3, 0.4) is 0 Å². The second kappa shape index (κ2) is 7.51. The quantitative estimate of drug-likeness (QED) is 0.846. The Bertz CT molecular complexity index is 495. The van der Waals surface area contributed by atoms with Crippen molar-refractivity contribution < 1.29 is 22.7 Å². The Kier molecular flexibility index (Phi) is 6.29. The van der Waals surface area contributed by atoms with Crippen LogP contribution < -0.4 is 15.4 Å². The third kappa shape index (κ3) is 6.22. The number of carbonyl (C=O) groups excluding carboxylic acids is 1. The summed E-state index contributed by atoms with van der Waals surface area (Å²) in [6.07, 6.45) is -4.44. The van der Waals surface area contributed by atoms with E-state index in [9.17, 15) is 18.0 Å². The molecule has 8 heteroatoms. The molecule has 118 valence electrons. The van der Waals surface area contributed by atoms with Gasteiger partial charge < -0.3 is 15.4 Å². The number of ether oxygens (including phenoxy) is 1. The Morgan fingerprint density at radius 3 is 2.67 bits per heavy atom. The van der Waals surface area contributed by atoms with Crippen molar-refractivity contribution in [1.29, 1.82) is 0 Å². The van der Waals surface area contributed by atoms with Gasteiger partial charge in [0, 0.05) is 16.6 Å². The second-order valence-electron chi connectivity index (χ2n) is 4.37. The first kappa shape index (κ1) is 17.6. The molecule has 1 amide bonds. The number of hydrogen-bond donors (Lipinski definition) is 2. The largest absolute Gasteiger partial charge is 0.483 e. The molecule has 4 nitrogen and oxygen atoms in total. The van der Waals surface area contributed by atoms with Crippen LogP contribution in [0.5, 0.6) is 5.75 Å². The van der Waals surface area contributed by atoms with Gasteiger partial charge >= 0.3 is 6.18 Å². The van der Waals surface area contributed by atoms with Crippen LogP contribution in [0, 0.1) is 0 Å². The average molecular weight is 325 g/mol. The van der Waals surface area contributed by atoms with Crippen molar-refractivity contribution in [1.82, 2.24) is 10.6 Å². The summed E-state index contributed by atoms with van der Waals surface area (Å²) < 4.78 is 41.1. The molecule has 2 N–H and O–H groups in total. The highest BCUT2D eigenvalue weighted by atomic mass is 35.5. The standard InChI is InChI=1S/C13H16ClF3N2O2/c1-8(18-2)10-5-9(14)3-4-11(10)21-6-12(20)19-7-13(15,16)17/h3-5,8,18H,6-7H2,1-2H3,(H,19,20). The monoisotopic (exact) mass is 324 g/mol. The normalized spacial score (nSPS) is 12.9. The minimum Gasteiger partial charge on any atom is -0.483 e. The van der Waals surface area contributed by atoms with E-state index in [4.69, 9.17) is 16.3 Å². The third-order valence-electron chi connectivity index (χ3n) is 2.72. The Hall–Kier alpha value is -1.47. The maximum atomic E-state index is 12.0. The van der Waals surface area contributed by atoms with Crippen molar-refractivity contribution in [2.45, 2.75) is 19.1 Å². The molecule has 21 heavy (non-hydrogen) atoms. The van der Waals surface area contributed by atoms with Crippen LogP contribution in [-0.2, 0) is 4.79 Å². The second-order valence-corrected chi connectivity index (χ2v) is 4.81. The molecule has 1 unspecified atom stereocenters. The molecule has 0 aromatic heterocycles. The summed E-state index contributed by atoms with van der Waals surface area (Å²) in [5.74, 6) is -0.450. The van der Waals surface area contributed by atoms with E-state index in [0.717, 1.165) is 0 Å². The molecule has 0 aliphatic rings. The summed E-state index contributed by atoms with van der Waals surface area (Å²) in [5, 5.41) is 5.23. The van der Waals surface area contributed by atoms with Crippen molar-refractivity contribution in [3.05, 3.63) is 28.8 Å². The fourth-order valence-electron chi connectivity index (χ4n) is 1.54. The van der Waals surface area contributed by atoms with Crippen molar-refractivity contribution in [3.63, 3.8) is 0 Å². The molecule has 0 heterocycles. The number of amides is 1. The van der Waals surface area contributed by atoms with E-state index in [-0.39, 0.29) is 6.04 Å². The minimum absolute atomic E-state index is 0.0862. The van der Waals surface area contributed by atoms with E-state index in [0.29, 0.717) is 16.3 Å². The number of carbonyl (C=O) groups is 1. The summed E-state index contributed by atoms with van der Waals surface area (Å²) in [5.41, 5.74) is 0.716. The highest BCUT2D eigenvalue weighted by molar-refractivity contribution is 6.30. The van der Waals surface area contributed by atoms with Crippen LogP contribution in [-0.4, -0.2) is 32.3 Å². The van der Waals surface area contributed by atoms with Gasteiger partial charge in [0.1, 0.15) is 12.3 Å². The number of hydrogen-bond acceptors (Lipinski definition) is 3. The highest BCUT2D eigenvalue weighted by Gasteiger charge is 2.27. The molecule has 0 radical (unpaired) electrons. The summed E-state index contributed by atoms with van der Waals surface area (Å²) in [4.78, 5) is 11.3. The fourth-order valence-corrected chi connectivity index (χ4v) is 1.72. The zero-order chi connectivity index (χ0) is 16.0. The lowest BCUT2D eigenvalue weighted by Crippen LogP contribution is -2.36. The SMILES string of the molecule is CNC(C)c1cc(Cl)ccc1OCC(=O)NCC(F)(F)F. The van der Waals surface area contributed by atoms with Crippen LogP contribution in [0.1, 0.15) is 18.5 Å². The summed E-state index contributed by atoms with van der Waals surface area (Å²) >= 11 is 5.89. The van der Waals surface area contributed by atoms with Crippen LogP contribution in [0.4, 0.5) is 13.2 Å². The third-order valence-corrected chi connectivity index (χ3v) is 2.95. The van der Waals surface area contributed by atoms with Gasteiger partial charge in [-0.2, -0.15) is 13.2 Å². The molecule has 0 aliphatic heterocycles. The first-order valence-corrected chi connectivity index (χ1v) is 6.53. The predicted molar refractivity (Wildman–Crippen MR) is 73.5 cm³/mol. The van der Waals surface area contributed by atoms with Gasteiger partial charge in [0.15, 0.2) is 6.61 Å². The molecular weight excluding hydrogens is 309 g/mol. The van der Waals surface area contributed by atoms with Crippen LogP contribution in [0.2, 0.25) is 5.02 Å². The maximum Gasteiger partial charge on any atom is 0.405 e. The Balaban J connectivity index is 2.65. The van der Waals surface area contributed by atoms with E-state index >= 15 is 0 Å². The molecule has 0 saturated heterocycles. The van der Waals surface area contributed by atoms with Gasteiger partial charge in [-0.3, -0.25) is 4.79 Å². The lowest BCUT2D eigenvalue weighted by Gasteiger charge is -2.17. The molecule has 1 aromatic carbocycles. The average Bonchev–Trinajstić information content (AvgIpc) is 2.42. The van der Waals surface area contributed by atoms with Crippen molar-refractivity contribution in [2.75, 3.05) is 20.2 Å². The number of benzene rings is 1. The molecule has 0 saturated carbocycles. The van der Waals surface area contributed by atoms with Crippen molar-refractivity contribution in [2.24, 2.45) is 0 Å². The van der Waals surface area contributed by atoms with E-state index in [1.54, 1.807) is 30.6 Å². The lowest BCUT2D eigenvalue weighted by atomic mass is 10.1. The van der Waals surface area contributed by atoms with Gasteiger partial charge in [-0.25, -0.2) is 0 Å². The van der Waals surface area contributed by atoms with E-state index in [1.807, 2.05) is 6.92 Å². The molecule has 1 atom stereocenters. The molecule has 1 aromatic rings. The summed E-state index contributed by atoms with van der Waals surface area (Å²) in [6.45, 7) is -0.0149. The van der Waals surface area contributed by atoms with Gasteiger partial charge in [-0.15, -0.1) is 0 Å². The Labute approximate surface area is 125 Å². The molecular formula is C13H16ClF3N2O2. The highest BCUT2D eigenvalue weighted by Crippen LogP contribution is 2.28. The maximum absolute atomic E-state index is 12.0. The smallest absolute Gasteiger partial charge is 0.405 e. The van der Waals surface area contributed by atoms with Crippen molar-refractivity contribution in [3.8, 4) is 5.75 Å². The lowest BCUT2D eigenvalue weighted by molar-refractivity contribution is -0.139. The van der Waals surface area contributed by atoms with Crippen LogP contribution >= 0.6 is 11.6 Å². The van der Waals surface area contributed by atoms with Crippen LogP contribution in [0.25, 0.3) is 0 Å². The zero-order valence-electron chi connectivity index (χ0n) is 11.6. The molecule has 0 fully saturated rings. The van der Waals surface area contributed by atoms with E-state index in [1.165, 1.54) is 0 Å². The number of rotatable bonds is 6. The van der Waals surface area contributed by atoms with Crippen molar-refractivity contribution >= 4 is 17.5 Å². The van der Waals surface area contributed by atoms with Gasteiger partial charge in [-0.05, 0) is 32.2 Å². The molecule has 1 rings (SSSR count). The molecule has 0 spiro atoms.